The molecule has 0 bridgehead atoms. The van der Waals surface area contributed by atoms with Crippen LogP contribution in [-0.4, -0.2) is 26.4 Å². The third-order valence-corrected chi connectivity index (χ3v) is 7.51. The van der Waals surface area contributed by atoms with Gasteiger partial charge < -0.3 is 5.32 Å². The summed E-state index contributed by atoms with van der Waals surface area (Å²) in [5.41, 5.74) is 4.45. The van der Waals surface area contributed by atoms with Crippen LogP contribution in [0, 0.1) is 13.8 Å². The summed E-state index contributed by atoms with van der Waals surface area (Å²) in [6.45, 7) is 4.41. The largest absolute Gasteiger partial charge is 0.348 e. The van der Waals surface area contributed by atoms with Gasteiger partial charge in [-0.05, 0) is 54.8 Å². The minimum absolute atomic E-state index is 0.0552. The molecule has 0 saturated carbocycles. The molecule has 0 atom stereocenters. The fourth-order valence-corrected chi connectivity index (χ4v) is 5.34. The van der Waals surface area contributed by atoms with E-state index in [4.69, 9.17) is 11.6 Å². The van der Waals surface area contributed by atoms with E-state index in [0.29, 0.717) is 16.6 Å². The van der Waals surface area contributed by atoms with Crippen molar-refractivity contribution in [2.45, 2.75) is 36.2 Å². The van der Waals surface area contributed by atoms with E-state index in [1.165, 1.54) is 22.9 Å². The molecule has 0 aliphatic heterocycles. The molecule has 0 fully saturated rings. The van der Waals surface area contributed by atoms with Gasteiger partial charge in [-0.2, -0.15) is 0 Å². The SMILES string of the molecule is Cc1ccccc1CSc1nnc(CNC(=O)CSc2ccccc2)n1-c1cc(Cl)ccc1C. The summed E-state index contributed by atoms with van der Waals surface area (Å²) in [4.78, 5) is 13.6. The van der Waals surface area contributed by atoms with Gasteiger partial charge in [0.05, 0.1) is 18.0 Å². The highest BCUT2D eigenvalue weighted by Crippen LogP contribution is 2.29. The van der Waals surface area contributed by atoms with Crippen molar-refractivity contribution >= 4 is 41.0 Å². The van der Waals surface area contributed by atoms with Gasteiger partial charge in [-0.3, -0.25) is 9.36 Å². The molecule has 1 heterocycles. The summed E-state index contributed by atoms with van der Waals surface area (Å²) < 4.78 is 1.99. The maximum absolute atomic E-state index is 12.5. The van der Waals surface area contributed by atoms with Crippen molar-refractivity contribution in [2.75, 3.05) is 5.75 Å². The molecule has 3 aromatic carbocycles. The third-order valence-electron chi connectivity index (χ3n) is 5.29. The molecule has 1 aromatic heterocycles. The quantitative estimate of drug-likeness (QED) is 0.271. The lowest BCUT2D eigenvalue weighted by molar-refractivity contribution is -0.118. The fraction of sp³-hybridized carbons (Fsp3) is 0.192. The first-order valence-corrected chi connectivity index (χ1v) is 13.2. The van der Waals surface area contributed by atoms with Gasteiger partial charge in [0.15, 0.2) is 11.0 Å². The van der Waals surface area contributed by atoms with E-state index in [-0.39, 0.29) is 12.5 Å². The lowest BCUT2D eigenvalue weighted by Gasteiger charge is -2.14. The van der Waals surface area contributed by atoms with E-state index >= 15 is 0 Å². The molecule has 1 amide bonds. The molecule has 0 radical (unpaired) electrons. The number of rotatable bonds is 9. The number of nitrogens with one attached hydrogen (secondary N) is 1. The number of carbonyl (C=O) groups is 1. The monoisotopic (exact) mass is 508 g/mol. The molecule has 0 aliphatic carbocycles. The molecule has 4 aromatic rings. The van der Waals surface area contributed by atoms with Crippen LogP contribution >= 0.6 is 35.1 Å². The van der Waals surface area contributed by atoms with Crippen molar-refractivity contribution in [2.24, 2.45) is 0 Å². The highest BCUT2D eigenvalue weighted by Gasteiger charge is 2.18. The first kappa shape index (κ1) is 24.4. The summed E-state index contributed by atoms with van der Waals surface area (Å²) in [5, 5.41) is 13.3. The maximum atomic E-state index is 12.5. The van der Waals surface area contributed by atoms with Crippen LogP contribution in [0.4, 0.5) is 0 Å². The lowest BCUT2D eigenvalue weighted by atomic mass is 10.1. The van der Waals surface area contributed by atoms with Crippen molar-refractivity contribution in [3.63, 3.8) is 0 Å². The Labute approximate surface area is 213 Å². The van der Waals surface area contributed by atoms with E-state index in [0.717, 1.165) is 27.1 Å². The Morgan fingerprint density at radius 1 is 0.941 bits per heavy atom. The smallest absolute Gasteiger partial charge is 0.230 e. The van der Waals surface area contributed by atoms with Crippen LogP contribution in [0.25, 0.3) is 5.69 Å². The average molecular weight is 509 g/mol. The van der Waals surface area contributed by atoms with Crippen molar-refractivity contribution in [1.29, 1.82) is 0 Å². The Morgan fingerprint density at radius 3 is 2.50 bits per heavy atom. The topological polar surface area (TPSA) is 59.8 Å². The summed E-state index contributed by atoms with van der Waals surface area (Å²) in [5.74, 6) is 1.71. The molecule has 0 unspecified atom stereocenters. The minimum Gasteiger partial charge on any atom is -0.348 e. The van der Waals surface area contributed by atoms with Gasteiger partial charge in [-0.1, -0.05) is 71.9 Å². The van der Waals surface area contributed by atoms with Crippen molar-refractivity contribution in [3.05, 3.63) is 100 Å². The van der Waals surface area contributed by atoms with E-state index in [1.54, 1.807) is 11.8 Å². The van der Waals surface area contributed by atoms with Crippen LogP contribution < -0.4 is 5.32 Å². The lowest BCUT2D eigenvalue weighted by Crippen LogP contribution is -2.26. The summed E-state index contributed by atoms with van der Waals surface area (Å²) in [7, 11) is 0. The van der Waals surface area contributed by atoms with Gasteiger partial charge in [-0.15, -0.1) is 22.0 Å². The van der Waals surface area contributed by atoms with Gasteiger partial charge >= 0.3 is 0 Å². The zero-order valence-electron chi connectivity index (χ0n) is 19.0. The van der Waals surface area contributed by atoms with Crippen LogP contribution in [-0.2, 0) is 17.1 Å². The number of nitrogens with zero attached hydrogens (tertiary/aromatic N) is 3. The second-order valence-electron chi connectivity index (χ2n) is 7.76. The third kappa shape index (κ3) is 6.23. The van der Waals surface area contributed by atoms with E-state index in [9.17, 15) is 4.79 Å². The van der Waals surface area contributed by atoms with Crippen LogP contribution in [0.5, 0.6) is 0 Å². The van der Waals surface area contributed by atoms with Crippen molar-refractivity contribution < 1.29 is 4.79 Å². The van der Waals surface area contributed by atoms with E-state index in [2.05, 4.69) is 34.6 Å². The second kappa shape index (κ2) is 11.6. The maximum Gasteiger partial charge on any atom is 0.230 e. The zero-order valence-corrected chi connectivity index (χ0v) is 21.4. The normalized spacial score (nSPS) is 10.9. The molecule has 5 nitrogen and oxygen atoms in total. The first-order chi connectivity index (χ1) is 16.5. The number of hydrogen-bond acceptors (Lipinski definition) is 5. The molecule has 0 spiro atoms. The van der Waals surface area contributed by atoms with E-state index < -0.39 is 0 Å². The Bertz CT molecular complexity index is 1280. The van der Waals surface area contributed by atoms with Gasteiger partial charge in [0.1, 0.15) is 0 Å². The van der Waals surface area contributed by atoms with Crippen LogP contribution in [0.2, 0.25) is 5.02 Å². The highest BCUT2D eigenvalue weighted by atomic mass is 35.5. The molecule has 1 N–H and O–H groups in total. The molecular weight excluding hydrogens is 484 g/mol. The minimum atomic E-state index is -0.0552. The van der Waals surface area contributed by atoms with Gasteiger partial charge in [0.25, 0.3) is 0 Å². The van der Waals surface area contributed by atoms with Gasteiger partial charge in [0.2, 0.25) is 5.91 Å². The number of aromatic nitrogens is 3. The van der Waals surface area contributed by atoms with Crippen LogP contribution in [0.15, 0.2) is 82.8 Å². The molecule has 4 rings (SSSR count). The predicted molar refractivity (Wildman–Crippen MR) is 141 cm³/mol. The van der Waals surface area contributed by atoms with Crippen molar-refractivity contribution in [1.82, 2.24) is 20.1 Å². The average Bonchev–Trinajstić information content (AvgIpc) is 3.25. The zero-order chi connectivity index (χ0) is 23.9. The number of benzene rings is 3. The molecule has 0 saturated heterocycles. The molecule has 0 aliphatic rings. The molecular formula is C26H25ClN4OS2. The number of aryl methyl sites for hydroxylation is 2. The van der Waals surface area contributed by atoms with E-state index in [1.807, 2.05) is 72.2 Å². The molecule has 174 valence electrons. The number of halogens is 1. The molecule has 34 heavy (non-hydrogen) atoms. The number of amides is 1. The number of carbonyl (C=O) groups excluding carboxylic acids is 1. The Kier molecular flexibility index (Phi) is 8.32. The van der Waals surface area contributed by atoms with Crippen LogP contribution in [0.3, 0.4) is 0 Å². The van der Waals surface area contributed by atoms with Crippen LogP contribution in [0.1, 0.15) is 22.5 Å². The first-order valence-electron chi connectivity index (χ1n) is 10.8. The fourth-order valence-electron chi connectivity index (χ4n) is 3.38. The number of hydrogen-bond donors (Lipinski definition) is 1. The Balaban J connectivity index is 1.52. The van der Waals surface area contributed by atoms with Crippen molar-refractivity contribution in [3.8, 4) is 5.69 Å². The predicted octanol–water partition coefficient (Wildman–Crippen LogP) is 6.24. The Hall–Kier alpha value is -2.74. The Morgan fingerprint density at radius 2 is 1.71 bits per heavy atom. The molecule has 8 heteroatoms. The second-order valence-corrected chi connectivity index (χ2v) is 10.2. The summed E-state index contributed by atoms with van der Waals surface area (Å²) in [6, 6.07) is 24.0. The number of thioether (sulfide) groups is 2. The summed E-state index contributed by atoms with van der Waals surface area (Å²) in [6.07, 6.45) is 0. The van der Waals surface area contributed by atoms with Gasteiger partial charge in [-0.25, -0.2) is 0 Å². The summed E-state index contributed by atoms with van der Waals surface area (Å²) >= 11 is 9.45. The standard InChI is InChI=1S/C26H25ClN4OS2/c1-18-8-6-7-9-20(18)16-34-26-30-29-24(31(26)23-14-21(27)13-12-19(23)2)15-28-25(32)17-33-22-10-4-3-5-11-22/h3-14H,15-17H2,1-2H3,(H,28,32). The van der Waals surface area contributed by atoms with Gasteiger partial charge in [0, 0.05) is 15.7 Å². The highest BCUT2D eigenvalue weighted by molar-refractivity contribution is 8.00.